The zero-order valence-corrected chi connectivity index (χ0v) is 16.5. The second-order valence-corrected chi connectivity index (χ2v) is 6.80. The van der Waals surface area contributed by atoms with Crippen LogP contribution in [0.4, 0.5) is 4.39 Å². The van der Waals surface area contributed by atoms with Gasteiger partial charge in [0, 0.05) is 18.7 Å². The number of hydrogen-bond acceptors (Lipinski definition) is 4. The second kappa shape index (κ2) is 11.2. The van der Waals surface area contributed by atoms with Crippen molar-refractivity contribution in [2.24, 2.45) is 0 Å². The van der Waals surface area contributed by atoms with Gasteiger partial charge >= 0.3 is 0 Å². The molecule has 6 heteroatoms. The third-order valence-corrected chi connectivity index (χ3v) is 4.55. The molecule has 2 N–H and O–H groups in total. The maximum atomic E-state index is 13.7. The van der Waals surface area contributed by atoms with Crippen molar-refractivity contribution in [3.05, 3.63) is 57.8 Å². The van der Waals surface area contributed by atoms with E-state index in [-0.39, 0.29) is 19.0 Å². The van der Waals surface area contributed by atoms with Crippen molar-refractivity contribution < 1.29 is 19.0 Å². The summed E-state index contributed by atoms with van der Waals surface area (Å²) >= 11 is 3.52. The lowest BCUT2D eigenvalue weighted by atomic mass is 10.2. The number of hydrogen-bond donors (Lipinski definition) is 2. The highest BCUT2D eigenvalue weighted by atomic mass is 79.9. The zero-order valence-electron chi connectivity index (χ0n) is 14.9. The monoisotopic (exact) mass is 425 g/mol. The second-order valence-electron chi connectivity index (χ2n) is 5.95. The fraction of sp³-hybridized carbons (Fsp3) is 0.400. The summed E-state index contributed by atoms with van der Waals surface area (Å²) in [6.07, 6.45) is 2.89. The fourth-order valence-electron chi connectivity index (χ4n) is 2.55. The quantitative estimate of drug-likeness (QED) is 0.522. The van der Waals surface area contributed by atoms with Gasteiger partial charge < -0.3 is 19.9 Å². The van der Waals surface area contributed by atoms with E-state index in [2.05, 4.69) is 21.2 Å². The molecule has 0 aliphatic carbocycles. The minimum absolute atomic E-state index is 0.129. The van der Waals surface area contributed by atoms with Gasteiger partial charge in [-0.1, -0.05) is 18.2 Å². The van der Waals surface area contributed by atoms with Crippen molar-refractivity contribution >= 4 is 15.9 Å². The highest BCUT2D eigenvalue weighted by molar-refractivity contribution is 9.10. The number of aliphatic hydroxyl groups is 1. The van der Waals surface area contributed by atoms with Crippen LogP contribution in [0.1, 0.15) is 30.4 Å². The van der Waals surface area contributed by atoms with E-state index in [1.165, 1.54) is 6.07 Å². The summed E-state index contributed by atoms with van der Waals surface area (Å²) in [4.78, 5) is 0. The topological polar surface area (TPSA) is 50.7 Å². The van der Waals surface area contributed by atoms with Gasteiger partial charge in [-0.2, -0.15) is 0 Å². The molecule has 0 radical (unpaired) electrons. The average Bonchev–Trinajstić information content (AvgIpc) is 2.64. The Bertz CT molecular complexity index is 697. The number of methoxy groups -OCH3 is 1. The van der Waals surface area contributed by atoms with Gasteiger partial charge in [0.15, 0.2) is 11.5 Å². The van der Waals surface area contributed by atoms with E-state index < -0.39 is 0 Å². The number of ether oxygens (including phenoxy) is 2. The molecule has 26 heavy (non-hydrogen) atoms. The van der Waals surface area contributed by atoms with E-state index in [9.17, 15) is 4.39 Å². The first-order valence-corrected chi connectivity index (χ1v) is 9.49. The Kier molecular flexibility index (Phi) is 8.88. The van der Waals surface area contributed by atoms with E-state index in [0.717, 1.165) is 35.8 Å². The highest BCUT2D eigenvalue weighted by Gasteiger charge is 2.13. The van der Waals surface area contributed by atoms with Crippen LogP contribution in [0.3, 0.4) is 0 Å². The van der Waals surface area contributed by atoms with Gasteiger partial charge in [-0.25, -0.2) is 4.39 Å². The van der Waals surface area contributed by atoms with Gasteiger partial charge in [0.25, 0.3) is 0 Å². The summed E-state index contributed by atoms with van der Waals surface area (Å²) in [7, 11) is 1.59. The summed E-state index contributed by atoms with van der Waals surface area (Å²) in [5.41, 5.74) is 1.56. The van der Waals surface area contributed by atoms with E-state index in [1.54, 1.807) is 25.3 Å². The first-order valence-electron chi connectivity index (χ1n) is 8.70. The molecule has 2 rings (SSSR count). The van der Waals surface area contributed by atoms with Crippen LogP contribution in [-0.2, 0) is 13.2 Å². The van der Waals surface area contributed by atoms with Gasteiger partial charge in [-0.3, -0.25) is 0 Å². The summed E-state index contributed by atoms with van der Waals surface area (Å²) in [6, 6.07) is 10.4. The van der Waals surface area contributed by atoms with Crippen LogP contribution in [0.25, 0.3) is 0 Å². The first kappa shape index (κ1) is 20.7. The van der Waals surface area contributed by atoms with Crippen LogP contribution in [0.15, 0.2) is 40.9 Å². The minimum Gasteiger partial charge on any atom is -0.493 e. The number of halogens is 2. The van der Waals surface area contributed by atoms with Crippen molar-refractivity contribution in [3.63, 3.8) is 0 Å². The van der Waals surface area contributed by atoms with Crippen molar-refractivity contribution in [2.45, 2.75) is 32.4 Å². The molecule has 0 fully saturated rings. The van der Waals surface area contributed by atoms with Crippen molar-refractivity contribution in [1.29, 1.82) is 0 Å². The Balaban J connectivity index is 1.96. The van der Waals surface area contributed by atoms with Gasteiger partial charge in [-0.15, -0.1) is 0 Å². The zero-order chi connectivity index (χ0) is 18.8. The van der Waals surface area contributed by atoms with Crippen molar-refractivity contribution in [3.8, 4) is 11.5 Å². The van der Waals surface area contributed by atoms with Crippen LogP contribution < -0.4 is 14.8 Å². The largest absolute Gasteiger partial charge is 0.493 e. The smallest absolute Gasteiger partial charge is 0.175 e. The lowest BCUT2D eigenvalue weighted by Crippen LogP contribution is -2.15. The van der Waals surface area contributed by atoms with Crippen LogP contribution in [0.5, 0.6) is 11.5 Å². The van der Waals surface area contributed by atoms with Crippen LogP contribution >= 0.6 is 15.9 Å². The summed E-state index contributed by atoms with van der Waals surface area (Å²) < 4.78 is 25.7. The molecular formula is C20H25BrFNO3. The van der Waals surface area contributed by atoms with Crippen LogP contribution in [0.2, 0.25) is 0 Å². The van der Waals surface area contributed by atoms with E-state index in [4.69, 9.17) is 14.6 Å². The molecule has 0 unspecified atom stereocenters. The highest BCUT2D eigenvalue weighted by Crippen LogP contribution is 2.37. The number of rotatable bonds is 11. The molecule has 0 saturated carbocycles. The van der Waals surface area contributed by atoms with E-state index >= 15 is 0 Å². The number of aliphatic hydroxyl groups excluding tert-OH is 1. The molecule has 0 amide bonds. The molecule has 0 aliphatic heterocycles. The normalized spacial score (nSPS) is 10.8. The first-order chi connectivity index (χ1) is 12.7. The Morgan fingerprint density at radius 2 is 1.96 bits per heavy atom. The number of nitrogens with one attached hydrogen (secondary N) is 1. The lowest BCUT2D eigenvalue weighted by Gasteiger charge is -2.15. The Morgan fingerprint density at radius 1 is 1.15 bits per heavy atom. The molecule has 0 saturated heterocycles. The average molecular weight is 426 g/mol. The third kappa shape index (κ3) is 6.27. The Hall–Kier alpha value is -1.63. The number of benzene rings is 2. The predicted octanol–water partition coefficient (Wildman–Crippen LogP) is 4.43. The van der Waals surface area contributed by atoms with Gasteiger partial charge in [0.1, 0.15) is 12.4 Å². The molecule has 0 bridgehead atoms. The fourth-order valence-corrected chi connectivity index (χ4v) is 3.16. The maximum Gasteiger partial charge on any atom is 0.175 e. The molecule has 2 aromatic carbocycles. The Labute approximate surface area is 162 Å². The third-order valence-electron chi connectivity index (χ3n) is 3.96. The lowest BCUT2D eigenvalue weighted by molar-refractivity contribution is 0.277. The van der Waals surface area contributed by atoms with E-state index in [0.29, 0.717) is 23.6 Å². The van der Waals surface area contributed by atoms with Gasteiger partial charge in [-0.05, 0) is 65.5 Å². The molecule has 4 nitrogen and oxygen atoms in total. The molecule has 142 valence electrons. The van der Waals surface area contributed by atoms with Gasteiger partial charge in [0.05, 0.1) is 11.6 Å². The minimum atomic E-state index is -0.287. The predicted molar refractivity (Wildman–Crippen MR) is 104 cm³/mol. The van der Waals surface area contributed by atoms with Crippen molar-refractivity contribution in [2.75, 3.05) is 20.3 Å². The molecule has 0 aliphatic rings. The van der Waals surface area contributed by atoms with E-state index in [1.807, 2.05) is 12.1 Å². The molecule has 0 aromatic heterocycles. The maximum absolute atomic E-state index is 13.7. The summed E-state index contributed by atoms with van der Waals surface area (Å²) in [5, 5.41) is 12.1. The van der Waals surface area contributed by atoms with Crippen molar-refractivity contribution in [1.82, 2.24) is 5.32 Å². The molecule has 0 heterocycles. The van der Waals surface area contributed by atoms with Crippen LogP contribution in [-0.4, -0.2) is 25.4 Å². The summed E-state index contributed by atoms with van der Waals surface area (Å²) in [5.74, 6) is 0.875. The molecule has 0 atom stereocenters. The van der Waals surface area contributed by atoms with Gasteiger partial charge in [0.2, 0.25) is 0 Å². The summed E-state index contributed by atoms with van der Waals surface area (Å²) in [6.45, 7) is 1.98. The molecule has 2 aromatic rings. The Morgan fingerprint density at radius 3 is 2.69 bits per heavy atom. The number of unbranched alkanes of at least 4 members (excludes halogenated alkanes) is 2. The molecular weight excluding hydrogens is 401 g/mol. The van der Waals surface area contributed by atoms with Crippen LogP contribution in [0, 0.1) is 5.82 Å². The standard InChI is InChI=1S/C20H25BrFNO3/c1-25-19-12-15(13-23-9-5-2-6-10-24)11-17(21)20(19)26-14-16-7-3-4-8-18(16)22/h3-4,7-8,11-12,23-24H,2,5-6,9-10,13-14H2,1H3. The SMILES string of the molecule is COc1cc(CNCCCCCO)cc(Br)c1OCc1ccccc1F. The molecule has 0 spiro atoms.